The van der Waals surface area contributed by atoms with Crippen LogP contribution in [0.15, 0.2) is 24.3 Å². The fraction of sp³-hybridized carbons (Fsp3) is 0.455. The molecule has 0 aliphatic carbocycles. The first-order valence-corrected chi connectivity index (χ1v) is 5.32. The van der Waals surface area contributed by atoms with Gasteiger partial charge in [-0.2, -0.15) is 0 Å². The number of nitrogens with zero attached hydrogens (tertiary/aromatic N) is 1. The van der Waals surface area contributed by atoms with Gasteiger partial charge in [-0.15, -0.1) is 0 Å². The third-order valence-electron chi connectivity index (χ3n) is 2.07. The normalized spacial score (nSPS) is 10.1. The number of nitrogens with one attached hydrogen (secondary N) is 1. The fourth-order valence-electron chi connectivity index (χ4n) is 1.29. The number of rotatable bonds is 7. The molecule has 1 rings (SSSR count). The SMILES string of the molecule is CCNCCCOc1ccccc1[N+](=O)[O-]. The third kappa shape index (κ3) is 3.86. The van der Waals surface area contributed by atoms with Crippen LogP contribution in [-0.4, -0.2) is 24.6 Å². The van der Waals surface area contributed by atoms with Crippen LogP contribution >= 0.6 is 0 Å². The molecule has 0 heterocycles. The second-order valence-electron chi connectivity index (χ2n) is 3.28. The van der Waals surface area contributed by atoms with Gasteiger partial charge in [0.25, 0.3) is 0 Å². The molecule has 5 nitrogen and oxygen atoms in total. The lowest BCUT2D eigenvalue weighted by Crippen LogP contribution is -2.16. The van der Waals surface area contributed by atoms with Gasteiger partial charge in [-0.1, -0.05) is 19.1 Å². The highest BCUT2D eigenvalue weighted by atomic mass is 16.6. The minimum atomic E-state index is -0.431. The molecule has 88 valence electrons. The molecule has 0 bridgehead atoms. The molecule has 0 unspecified atom stereocenters. The van der Waals surface area contributed by atoms with Crippen molar-refractivity contribution < 1.29 is 9.66 Å². The average Bonchev–Trinajstić information content (AvgIpc) is 2.29. The zero-order valence-electron chi connectivity index (χ0n) is 9.31. The summed E-state index contributed by atoms with van der Waals surface area (Å²) in [6.07, 6.45) is 0.833. The molecule has 0 radical (unpaired) electrons. The van der Waals surface area contributed by atoms with E-state index in [2.05, 4.69) is 5.32 Å². The maximum atomic E-state index is 10.7. The number of benzene rings is 1. The predicted octanol–water partition coefficient (Wildman–Crippen LogP) is 1.97. The highest BCUT2D eigenvalue weighted by Crippen LogP contribution is 2.25. The zero-order chi connectivity index (χ0) is 11.8. The van der Waals surface area contributed by atoms with E-state index in [9.17, 15) is 10.1 Å². The van der Waals surface area contributed by atoms with Crippen LogP contribution < -0.4 is 10.1 Å². The number of para-hydroxylation sites is 2. The molecule has 0 aromatic heterocycles. The first-order chi connectivity index (χ1) is 7.75. The van der Waals surface area contributed by atoms with Crippen LogP contribution in [0, 0.1) is 10.1 Å². The third-order valence-corrected chi connectivity index (χ3v) is 2.07. The summed E-state index contributed by atoms with van der Waals surface area (Å²) in [5.74, 6) is 0.337. The molecule has 0 aliphatic heterocycles. The van der Waals surface area contributed by atoms with Crippen LogP contribution in [0.4, 0.5) is 5.69 Å². The van der Waals surface area contributed by atoms with E-state index in [0.717, 1.165) is 19.5 Å². The molecule has 1 aromatic rings. The predicted molar refractivity (Wildman–Crippen MR) is 61.8 cm³/mol. The molecule has 0 fully saturated rings. The minimum absolute atomic E-state index is 0.0194. The monoisotopic (exact) mass is 224 g/mol. The Labute approximate surface area is 94.6 Å². The van der Waals surface area contributed by atoms with E-state index in [1.165, 1.54) is 6.07 Å². The molecular weight excluding hydrogens is 208 g/mol. The minimum Gasteiger partial charge on any atom is -0.487 e. The van der Waals surface area contributed by atoms with Crippen molar-refractivity contribution in [1.29, 1.82) is 0 Å². The molecule has 0 amide bonds. The number of hydrogen-bond donors (Lipinski definition) is 1. The van der Waals surface area contributed by atoms with E-state index in [1.54, 1.807) is 18.2 Å². The average molecular weight is 224 g/mol. The Morgan fingerprint density at radius 3 is 2.88 bits per heavy atom. The second-order valence-corrected chi connectivity index (χ2v) is 3.28. The van der Waals surface area contributed by atoms with E-state index in [0.29, 0.717) is 12.4 Å². The van der Waals surface area contributed by atoms with Crippen LogP contribution in [0.2, 0.25) is 0 Å². The molecule has 16 heavy (non-hydrogen) atoms. The largest absolute Gasteiger partial charge is 0.487 e. The summed E-state index contributed by atoms with van der Waals surface area (Å²) >= 11 is 0. The van der Waals surface area contributed by atoms with Crippen molar-refractivity contribution in [1.82, 2.24) is 5.32 Å². The van der Waals surface area contributed by atoms with Crippen LogP contribution in [0.3, 0.4) is 0 Å². The van der Waals surface area contributed by atoms with E-state index in [4.69, 9.17) is 4.74 Å². The molecule has 0 atom stereocenters. The van der Waals surface area contributed by atoms with Crippen molar-refractivity contribution >= 4 is 5.69 Å². The Morgan fingerprint density at radius 2 is 2.19 bits per heavy atom. The molecule has 0 spiro atoms. The lowest BCUT2D eigenvalue weighted by molar-refractivity contribution is -0.385. The Bertz CT molecular complexity index is 342. The number of ether oxygens (including phenoxy) is 1. The maximum Gasteiger partial charge on any atom is 0.310 e. The first-order valence-electron chi connectivity index (χ1n) is 5.32. The van der Waals surface area contributed by atoms with E-state index in [-0.39, 0.29) is 5.69 Å². The van der Waals surface area contributed by atoms with Crippen molar-refractivity contribution in [2.75, 3.05) is 19.7 Å². The summed E-state index contributed by atoms with van der Waals surface area (Å²) in [4.78, 5) is 10.2. The Morgan fingerprint density at radius 1 is 1.44 bits per heavy atom. The molecule has 0 aliphatic rings. The lowest BCUT2D eigenvalue weighted by Gasteiger charge is -2.06. The van der Waals surface area contributed by atoms with Gasteiger partial charge in [0.1, 0.15) is 0 Å². The van der Waals surface area contributed by atoms with Crippen LogP contribution in [0.5, 0.6) is 5.75 Å². The number of hydrogen-bond acceptors (Lipinski definition) is 4. The van der Waals surface area contributed by atoms with Gasteiger partial charge in [-0.25, -0.2) is 0 Å². The van der Waals surface area contributed by atoms with Gasteiger partial charge in [0, 0.05) is 6.07 Å². The quantitative estimate of drug-likeness (QED) is 0.437. The van der Waals surface area contributed by atoms with E-state index in [1.807, 2.05) is 6.92 Å². The molecule has 0 saturated heterocycles. The summed E-state index contributed by atoms with van der Waals surface area (Å²) in [6.45, 7) is 4.30. The summed E-state index contributed by atoms with van der Waals surface area (Å²) in [5, 5.41) is 13.8. The maximum absolute atomic E-state index is 10.7. The molecular formula is C11H16N2O3. The van der Waals surface area contributed by atoms with Gasteiger partial charge >= 0.3 is 5.69 Å². The highest BCUT2D eigenvalue weighted by molar-refractivity contribution is 5.45. The van der Waals surface area contributed by atoms with Gasteiger partial charge in [0.05, 0.1) is 11.5 Å². The Balaban J connectivity index is 2.44. The van der Waals surface area contributed by atoms with Crippen molar-refractivity contribution in [3.05, 3.63) is 34.4 Å². The van der Waals surface area contributed by atoms with E-state index >= 15 is 0 Å². The summed E-state index contributed by atoms with van der Waals surface area (Å²) in [5.41, 5.74) is 0.0194. The first kappa shape index (κ1) is 12.4. The topological polar surface area (TPSA) is 64.4 Å². The molecule has 1 N–H and O–H groups in total. The second kappa shape index (κ2) is 6.79. The zero-order valence-corrected chi connectivity index (χ0v) is 9.31. The standard InChI is InChI=1S/C11H16N2O3/c1-2-12-8-5-9-16-11-7-4-3-6-10(11)13(14)15/h3-4,6-7,12H,2,5,8-9H2,1H3. The summed E-state index contributed by atoms with van der Waals surface area (Å²) < 4.78 is 5.36. The van der Waals surface area contributed by atoms with Gasteiger partial charge in [-0.05, 0) is 25.6 Å². The molecule has 5 heteroatoms. The van der Waals surface area contributed by atoms with Gasteiger partial charge in [0.15, 0.2) is 5.75 Å². The fourth-order valence-corrected chi connectivity index (χ4v) is 1.29. The van der Waals surface area contributed by atoms with Crippen LogP contribution in [-0.2, 0) is 0 Å². The summed E-state index contributed by atoms with van der Waals surface area (Å²) in [6, 6.07) is 6.42. The Hall–Kier alpha value is -1.62. The lowest BCUT2D eigenvalue weighted by atomic mass is 10.3. The Kier molecular flexibility index (Phi) is 5.28. The molecule has 1 aromatic carbocycles. The number of nitro groups is 1. The highest BCUT2D eigenvalue weighted by Gasteiger charge is 2.12. The smallest absolute Gasteiger partial charge is 0.310 e. The van der Waals surface area contributed by atoms with Gasteiger partial charge in [-0.3, -0.25) is 10.1 Å². The van der Waals surface area contributed by atoms with Gasteiger partial charge in [0.2, 0.25) is 0 Å². The summed E-state index contributed by atoms with van der Waals surface area (Å²) in [7, 11) is 0. The van der Waals surface area contributed by atoms with E-state index < -0.39 is 4.92 Å². The number of nitro benzene ring substituents is 1. The van der Waals surface area contributed by atoms with Gasteiger partial charge < -0.3 is 10.1 Å². The van der Waals surface area contributed by atoms with Crippen LogP contribution in [0.1, 0.15) is 13.3 Å². The van der Waals surface area contributed by atoms with Crippen molar-refractivity contribution in [2.45, 2.75) is 13.3 Å². The molecule has 0 saturated carbocycles. The van der Waals surface area contributed by atoms with Crippen molar-refractivity contribution in [2.24, 2.45) is 0 Å². The van der Waals surface area contributed by atoms with Crippen molar-refractivity contribution in [3.63, 3.8) is 0 Å². The van der Waals surface area contributed by atoms with Crippen LogP contribution in [0.25, 0.3) is 0 Å². The van der Waals surface area contributed by atoms with Crippen molar-refractivity contribution in [3.8, 4) is 5.75 Å².